The molecule has 1 heterocycles. The standard InChI is InChI=1S/C15H14BrFN2O2/c1-19(15(20)11-5-6-14(16)18-10-11)7-8-21-13-4-2-3-12(17)9-13/h2-6,9-10H,7-8H2,1H3. The van der Waals surface area contributed by atoms with E-state index in [2.05, 4.69) is 20.9 Å². The molecule has 0 atom stereocenters. The zero-order valence-corrected chi connectivity index (χ0v) is 13.0. The normalized spacial score (nSPS) is 10.2. The van der Waals surface area contributed by atoms with Crippen LogP contribution in [0, 0.1) is 5.82 Å². The number of rotatable bonds is 5. The monoisotopic (exact) mass is 352 g/mol. The van der Waals surface area contributed by atoms with Gasteiger partial charge in [0.25, 0.3) is 5.91 Å². The Morgan fingerprint density at radius 2 is 2.19 bits per heavy atom. The molecule has 110 valence electrons. The third kappa shape index (κ3) is 4.53. The van der Waals surface area contributed by atoms with Gasteiger partial charge in [0, 0.05) is 19.3 Å². The van der Waals surface area contributed by atoms with Gasteiger partial charge in [-0.15, -0.1) is 0 Å². The van der Waals surface area contributed by atoms with E-state index in [1.807, 2.05) is 0 Å². The van der Waals surface area contributed by atoms with E-state index in [0.29, 0.717) is 22.5 Å². The molecule has 1 aromatic carbocycles. The van der Waals surface area contributed by atoms with E-state index in [-0.39, 0.29) is 18.3 Å². The minimum Gasteiger partial charge on any atom is -0.492 e. The van der Waals surface area contributed by atoms with Crippen LogP contribution in [0.1, 0.15) is 10.4 Å². The second-order valence-corrected chi connectivity index (χ2v) is 5.21. The molecule has 4 nitrogen and oxygen atoms in total. The first-order valence-corrected chi connectivity index (χ1v) is 7.11. The van der Waals surface area contributed by atoms with Crippen molar-refractivity contribution in [2.45, 2.75) is 0 Å². The van der Waals surface area contributed by atoms with E-state index < -0.39 is 0 Å². The number of aromatic nitrogens is 1. The fourth-order valence-corrected chi connectivity index (χ4v) is 1.92. The van der Waals surface area contributed by atoms with Crippen molar-refractivity contribution < 1.29 is 13.9 Å². The number of hydrogen-bond donors (Lipinski definition) is 0. The van der Waals surface area contributed by atoms with Gasteiger partial charge >= 0.3 is 0 Å². The molecule has 0 saturated heterocycles. The van der Waals surface area contributed by atoms with Crippen LogP contribution in [0.3, 0.4) is 0 Å². The SMILES string of the molecule is CN(CCOc1cccc(F)c1)C(=O)c1ccc(Br)nc1. The average molecular weight is 353 g/mol. The number of pyridine rings is 1. The zero-order valence-electron chi connectivity index (χ0n) is 11.4. The van der Waals surface area contributed by atoms with E-state index in [1.165, 1.54) is 23.2 Å². The first-order chi connectivity index (χ1) is 10.1. The van der Waals surface area contributed by atoms with Crippen LogP contribution >= 0.6 is 15.9 Å². The maximum absolute atomic E-state index is 13.0. The maximum atomic E-state index is 13.0. The molecule has 2 rings (SSSR count). The van der Waals surface area contributed by atoms with Gasteiger partial charge < -0.3 is 9.64 Å². The van der Waals surface area contributed by atoms with Crippen LogP contribution < -0.4 is 4.74 Å². The number of benzene rings is 1. The van der Waals surface area contributed by atoms with E-state index in [0.717, 1.165) is 0 Å². The van der Waals surface area contributed by atoms with Crippen molar-refractivity contribution >= 4 is 21.8 Å². The molecule has 21 heavy (non-hydrogen) atoms. The Balaban J connectivity index is 1.85. The van der Waals surface area contributed by atoms with Gasteiger partial charge in [0.15, 0.2) is 0 Å². The fraction of sp³-hybridized carbons (Fsp3) is 0.200. The van der Waals surface area contributed by atoms with Gasteiger partial charge in [-0.3, -0.25) is 4.79 Å². The molecule has 0 spiro atoms. The summed E-state index contributed by atoms with van der Waals surface area (Å²) >= 11 is 3.22. The zero-order chi connectivity index (χ0) is 15.2. The molecule has 6 heteroatoms. The predicted octanol–water partition coefficient (Wildman–Crippen LogP) is 3.13. The molecule has 0 N–H and O–H groups in total. The van der Waals surface area contributed by atoms with Crippen LogP contribution in [0.5, 0.6) is 5.75 Å². The second-order valence-electron chi connectivity index (χ2n) is 4.40. The molecule has 0 aliphatic carbocycles. The minimum atomic E-state index is -0.349. The molecule has 0 aliphatic rings. The Morgan fingerprint density at radius 1 is 1.38 bits per heavy atom. The lowest BCUT2D eigenvalue weighted by Gasteiger charge is -2.17. The molecule has 2 aromatic rings. The molecule has 0 saturated carbocycles. The molecule has 0 unspecified atom stereocenters. The molecule has 0 bridgehead atoms. The summed E-state index contributed by atoms with van der Waals surface area (Å²) in [5.74, 6) is -0.0446. The molecular weight excluding hydrogens is 339 g/mol. The summed E-state index contributed by atoms with van der Waals surface area (Å²) in [6, 6.07) is 9.31. The number of likely N-dealkylation sites (N-methyl/N-ethyl adjacent to an activating group) is 1. The van der Waals surface area contributed by atoms with Crippen LogP contribution in [0.25, 0.3) is 0 Å². The first-order valence-electron chi connectivity index (χ1n) is 6.31. The fourth-order valence-electron chi connectivity index (χ4n) is 1.68. The lowest BCUT2D eigenvalue weighted by atomic mass is 10.2. The summed E-state index contributed by atoms with van der Waals surface area (Å²) in [5, 5.41) is 0. The Bertz CT molecular complexity index is 619. The van der Waals surface area contributed by atoms with E-state index in [1.54, 1.807) is 31.3 Å². The summed E-state index contributed by atoms with van der Waals surface area (Å²) in [6.07, 6.45) is 1.51. The lowest BCUT2D eigenvalue weighted by molar-refractivity contribution is 0.0773. The van der Waals surface area contributed by atoms with Crippen molar-refractivity contribution in [3.8, 4) is 5.75 Å². The highest BCUT2D eigenvalue weighted by Crippen LogP contribution is 2.12. The highest BCUT2D eigenvalue weighted by atomic mass is 79.9. The van der Waals surface area contributed by atoms with Gasteiger partial charge in [-0.1, -0.05) is 6.07 Å². The molecule has 0 aliphatic heterocycles. The summed E-state index contributed by atoms with van der Waals surface area (Å²) in [7, 11) is 1.68. The number of halogens is 2. The second kappa shape index (κ2) is 7.17. The molecule has 0 radical (unpaired) electrons. The van der Waals surface area contributed by atoms with Gasteiger partial charge in [-0.2, -0.15) is 0 Å². The van der Waals surface area contributed by atoms with Crippen molar-refractivity contribution in [1.29, 1.82) is 0 Å². The number of hydrogen-bond acceptors (Lipinski definition) is 3. The van der Waals surface area contributed by atoms with E-state index >= 15 is 0 Å². The number of ether oxygens (including phenoxy) is 1. The maximum Gasteiger partial charge on any atom is 0.255 e. The first kappa shape index (κ1) is 15.4. The smallest absolute Gasteiger partial charge is 0.255 e. The average Bonchev–Trinajstić information content (AvgIpc) is 2.47. The van der Waals surface area contributed by atoms with Crippen LogP contribution in [0.4, 0.5) is 4.39 Å². The third-order valence-corrected chi connectivity index (χ3v) is 3.28. The van der Waals surface area contributed by atoms with Crippen molar-refractivity contribution in [3.63, 3.8) is 0 Å². The number of carbonyl (C=O) groups excluding carboxylic acids is 1. The Hall–Kier alpha value is -1.95. The molecular formula is C15H14BrFN2O2. The van der Waals surface area contributed by atoms with Crippen molar-refractivity contribution in [2.24, 2.45) is 0 Å². The largest absolute Gasteiger partial charge is 0.492 e. The quantitative estimate of drug-likeness (QED) is 0.776. The van der Waals surface area contributed by atoms with Gasteiger partial charge in [-0.05, 0) is 40.2 Å². The number of carbonyl (C=O) groups is 1. The van der Waals surface area contributed by atoms with Crippen LogP contribution in [-0.2, 0) is 0 Å². The van der Waals surface area contributed by atoms with E-state index in [4.69, 9.17) is 4.74 Å². The van der Waals surface area contributed by atoms with Crippen LogP contribution in [0.2, 0.25) is 0 Å². The minimum absolute atomic E-state index is 0.141. The summed E-state index contributed by atoms with van der Waals surface area (Å²) in [6.45, 7) is 0.682. The Kier molecular flexibility index (Phi) is 5.27. The number of nitrogens with zero attached hydrogens (tertiary/aromatic N) is 2. The van der Waals surface area contributed by atoms with Gasteiger partial charge in [-0.25, -0.2) is 9.37 Å². The lowest BCUT2D eigenvalue weighted by Crippen LogP contribution is -2.30. The van der Waals surface area contributed by atoms with Gasteiger partial charge in [0.05, 0.1) is 12.1 Å². The molecule has 1 amide bonds. The Morgan fingerprint density at radius 3 is 2.86 bits per heavy atom. The molecule has 0 fully saturated rings. The highest BCUT2D eigenvalue weighted by Gasteiger charge is 2.11. The van der Waals surface area contributed by atoms with Gasteiger partial charge in [0.1, 0.15) is 22.8 Å². The van der Waals surface area contributed by atoms with Crippen LogP contribution in [-0.4, -0.2) is 36.0 Å². The predicted molar refractivity (Wildman–Crippen MR) is 80.8 cm³/mol. The van der Waals surface area contributed by atoms with Crippen molar-refractivity contribution in [3.05, 3.63) is 58.6 Å². The number of amides is 1. The van der Waals surface area contributed by atoms with Gasteiger partial charge in [0.2, 0.25) is 0 Å². The summed E-state index contributed by atoms with van der Waals surface area (Å²) in [4.78, 5) is 17.7. The highest BCUT2D eigenvalue weighted by molar-refractivity contribution is 9.10. The summed E-state index contributed by atoms with van der Waals surface area (Å²) in [5.41, 5.74) is 0.506. The Labute approximate surface area is 130 Å². The van der Waals surface area contributed by atoms with Crippen molar-refractivity contribution in [1.82, 2.24) is 9.88 Å². The molecule has 1 aromatic heterocycles. The van der Waals surface area contributed by atoms with Crippen LogP contribution in [0.15, 0.2) is 47.2 Å². The topological polar surface area (TPSA) is 42.4 Å². The van der Waals surface area contributed by atoms with Crippen molar-refractivity contribution in [2.75, 3.05) is 20.2 Å². The summed E-state index contributed by atoms with van der Waals surface area (Å²) < 4.78 is 19.1. The van der Waals surface area contributed by atoms with E-state index in [9.17, 15) is 9.18 Å². The third-order valence-electron chi connectivity index (χ3n) is 2.81.